The fourth-order valence-electron chi connectivity index (χ4n) is 2.03. The van der Waals surface area contributed by atoms with E-state index in [9.17, 15) is 4.79 Å². The molecule has 0 spiro atoms. The van der Waals surface area contributed by atoms with Gasteiger partial charge in [0.25, 0.3) is 0 Å². The molecule has 0 N–H and O–H groups in total. The zero-order valence-electron chi connectivity index (χ0n) is 12.1. The van der Waals surface area contributed by atoms with E-state index in [1.165, 1.54) is 0 Å². The van der Waals surface area contributed by atoms with Crippen molar-refractivity contribution in [3.63, 3.8) is 0 Å². The molecule has 4 heteroatoms. The van der Waals surface area contributed by atoms with E-state index in [0.29, 0.717) is 12.5 Å². The summed E-state index contributed by atoms with van der Waals surface area (Å²) in [4.78, 5) is 12.4. The van der Waals surface area contributed by atoms with Gasteiger partial charge >= 0.3 is 0 Å². The van der Waals surface area contributed by atoms with Crippen molar-refractivity contribution in [1.82, 2.24) is 9.78 Å². The Bertz CT molecular complexity index is 619. The predicted molar refractivity (Wildman–Crippen MR) is 89.2 cm³/mol. The molecule has 0 amide bonds. The van der Waals surface area contributed by atoms with Crippen LogP contribution in [0, 0.1) is 10.5 Å². The van der Waals surface area contributed by atoms with Gasteiger partial charge in [-0.25, -0.2) is 0 Å². The van der Waals surface area contributed by atoms with Gasteiger partial charge in [-0.1, -0.05) is 25.1 Å². The average molecular weight is 382 g/mol. The lowest BCUT2D eigenvalue weighted by Crippen LogP contribution is -2.09. The van der Waals surface area contributed by atoms with E-state index in [4.69, 9.17) is 0 Å². The number of nitrogens with zero attached hydrogens (tertiary/aromatic N) is 2. The molecule has 1 heterocycles. The molecule has 0 saturated heterocycles. The smallest absolute Gasteiger partial charge is 0.169 e. The van der Waals surface area contributed by atoms with Crippen LogP contribution in [0.5, 0.6) is 0 Å². The zero-order chi connectivity index (χ0) is 14.7. The molecular formula is C16H19IN2O. The number of rotatable bonds is 5. The molecule has 2 rings (SSSR count). The molecule has 106 valence electrons. The predicted octanol–water partition coefficient (Wildman–Crippen LogP) is 4.19. The van der Waals surface area contributed by atoms with Crippen LogP contribution in [0.1, 0.15) is 47.9 Å². The van der Waals surface area contributed by atoms with Crippen molar-refractivity contribution >= 4 is 28.4 Å². The number of hydrogen-bond donors (Lipinski definition) is 0. The lowest BCUT2D eigenvalue weighted by Gasteiger charge is -2.08. The first-order valence-electron chi connectivity index (χ1n) is 6.85. The molecule has 1 aromatic heterocycles. The van der Waals surface area contributed by atoms with Crippen LogP contribution in [0.4, 0.5) is 0 Å². The number of ketones is 1. The SMILES string of the molecule is CCC(C)n1ccc(CC(=O)c2cccc(C)c2I)n1. The number of carbonyl (C=O) groups excluding carboxylic acids is 1. The van der Waals surface area contributed by atoms with Gasteiger partial charge in [-0.05, 0) is 54.5 Å². The molecule has 0 aliphatic carbocycles. The van der Waals surface area contributed by atoms with Crippen molar-refractivity contribution < 1.29 is 4.79 Å². The summed E-state index contributed by atoms with van der Waals surface area (Å²) in [6, 6.07) is 8.16. The monoisotopic (exact) mass is 382 g/mol. The van der Waals surface area contributed by atoms with Gasteiger partial charge in [0.05, 0.1) is 12.1 Å². The van der Waals surface area contributed by atoms with E-state index in [1.807, 2.05) is 42.1 Å². The van der Waals surface area contributed by atoms with Crippen LogP contribution < -0.4 is 0 Å². The highest BCUT2D eigenvalue weighted by molar-refractivity contribution is 14.1. The van der Waals surface area contributed by atoms with Crippen molar-refractivity contribution in [2.75, 3.05) is 0 Å². The molecule has 0 saturated carbocycles. The number of halogens is 1. The maximum absolute atomic E-state index is 12.4. The summed E-state index contributed by atoms with van der Waals surface area (Å²) >= 11 is 2.24. The number of aryl methyl sites for hydroxylation is 1. The van der Waals surface area contributed by atoms with Crippen molar-refractivity contribution in [2.24, 2.45) is 0 Å². The standard InChI is InChI=1S/C16H19IN2O/c1-4-12(3)19-9-8-13(18-19)10-15(20)14-7-5-6-11(2)16(14)17/h5-9,12H,4,10H2,1-3H3. The highest BCUT2D eigenvalue weighted by Crippen LogP contribution is 2.19. The van der Waals surface area contributed by atoms with Gasteiger partial charge in [-0.3, -0.25) is 9.48 Å². The molecule has 20 heavy (non-hydrogen) atoms. The summed E-state index contributed by atoms with van der Waals surface area (Å²) < 4.78 is 2.97. The minimum atomic E-state index is 0.132. The Balaban J connectivity index is 2.15. The third kappa shape index (κ3) is 3.29. The van der Waals surface area contributed by atoms with E-state index in [0.717, 1.165) is 26.8 Å². The summed E-state index contributed by atoms with van der Waals surface area (Å²) in [6.07, 6.45) is 3.35. The quantitative estimate of drug-likeness (QED) is 0.574. The molecule has 3 nitrogen and oxygen atoms in total. The topological polar surface area (TPSA) is 34.9 Å². The summed E-state index contributed by atoms with van der Waals surface area (Å²) in [7, 11) is 0. The number of carbonyl (C=O) groups is 1. The third-order valence-electron chi connectivity index (χ3n) is 3.54. The van der Waals surface area contributed by atoms with Crippen molar-refractivity contribution in [3.8, 4) is 0 Å². The molecular weight excluding hydrogens is 363 g/mol. The highest BCUT2D eigenvalue weighted by Gasteiger charge is 2.14. The Kier molecular flexibility index (Phi) is 4.96. The highest BCUT2D eigenvalue weighted by atomic mass is 127. The van der Waals surface area contributed by atoms with E-state index in [1.54, 1.807) is 0 Å². The fraction of sp³-hybridized carbons (Fsp3) is 0.375. The van der Waals surface area contributed by atoms with Crippen LogP contribution in [0.2, 0.25) is 0 Å². The molecule has 0 aliphatic heterocycles. The largest absolute Gasteiger partial charge is 0.294 e. The Morgan fingerprint density at radius 2 is 2.15 bits per heavy atom. The fourth-order valence-corrected chi connectivity index (χ4v) is 2.69. The normalized spacial score (nSPS) is 12.4. The second kappa shape index (κ2) is 6.52. The molecule has 2 aromatic rings. The lowest BCUT2D eigenvalue weighted by atomic mass is 10.0. The lowest BCUT2D eigenvalue weighted by molar-refractivity contribution is 0.0990. The molecule has 0 fully saturated rings. The molecule has 0 bridgehead atoms. The Morgan fingerprint density at radius 3 is 2.85 bits per heavy atom. The van der Waals surface area contributed by atoms with E-state index in [-0.39, 0.29) is 5.78 Å². The number of aromatic nitrogens is 2. The van der Waals surface area contributed by atoms with E-state index < -0.39 is 0 Å². The minimum absolute atomic E-state index is 0.132. The Hall–Kier alpha value is -1.17. The van der Waals surface area contributed by atoms with Crippen LogP contribution in [0.15, 0.2) is 30.5 Å². The first-order valence-corrected chi connectivity index (χ1v) is 7.93. The maximum Gasteiger partial charge on any atom is 0.169 e. The minimum Gasteiger partial charge on any atom is -0.294 e. The summed E-state index contributed by atoms with van der Waals surface area (Å²) in [6.45, 7) is 6.28. The van der Waals surface area contributed by atoms with Crippen molar-refractivity contribution in [1.29, 1.82) is 0 Å². The van der Waals surface area contributed by atoms with Gasteiger partial charge in [0.2, 0.25) is 0 Å². The third-order valence-corrected chi connectivity index (χ3v) is 4.97. The molecule has 1 atom stereocenters. The number of benzene rings is 1. The van der Waals surface area contributed by atoms with Gasteiger partial charge in [0, 0.05) is 21.4 Å². The van der Waals surface area contributed by atoms with Gasteiger partial charge in [-0.2, -0.15) is 5.10 Å². The number of Topliss-reactive ketones (excluding diaryl/α,β-unsaturated/α-hetero) is 1. The van der Waals surface area contributed by atoms with Gasteiger partial charge in [0.15, 0.2) is 5.78 Å². The number of hydrogen-bond acceptors (Lipinski definition) is 2. The van der Waals surface area contributed by atoms with Gasteiger partial charge in [0.1, 0.15) is 0 Å². The van der Waals surface area contributed by atoms with Crippen LogP contribution >= 0.6 is 22.6 Å². The summed E-state index contributed by atoms with van der Waals surface area (Å²) in [5.74, 6) is 0.132. The molecule has 1 aromatic carbocycles. The van der Waals surface area contributed by atoms with Gasteiger partial charge < -0.3 is 0 Å². The summed E-state index contributed by atoms with van der Waals surface area (Å²) in [5, 5.41) is 4.49. The zero-order valence-corrected chi connectivity index (χ0v) is 14.2. The second-order valence-corrected chi connectivity index (χ2v) is 6.16. The van der Waals surface area contributed by atoms with E-state index in [2.05, 4.69) is 41.5 Å². The maximum atomic E-state index is 12.4. The van der Waals surface area contributed by atoms with Crippen LogP contribution in [0.25, 0.3) is 0 Å². The molecule has 0 aliphatic rings. The molecule has 0 radical (unpaired) electrons. The van der Waals surface area contributed by atoms with Crippen LogP contribution in [-0.2, 0) is 6.42 Å². The first-order chi connectivity index (χ1) is 9.52. The second-order valence-electron chi connectivity index (χ2n) is 5.08. The first kappa shape index (κ1) is 15.2. The summed E-state index contributed by atoms with van der Waals surface area (Å²) in [5.41, 5.74) is 2.78. The van der Waals surface area contributed by atoms with Crippen molar-refractivity contribution in [2.45, 2.75) is 39.7 Å². The Morgan fingerprint density at radius 1 is 1.40 bits per heavy atom. The molecule has 1 unspecified atom stereocenters. The van der Waals surface area contributed by atoms with Crippen LogP contribution in [-0.4, -0.2) is 15.6 Å². The van der Waals surface area contributed by atoms with Gasteiger partial charge in [-0.15, -0.1) is 0 Å². The van der Waals surface area contributed by atoms with E-state index >= 15 is 0 Å². The average Bonchev–Trinajstić information content (AvgIpc) is 2.89. The Labute approximate surface area is 133 Å². The van der Waals surface area contributed by atoms with Crippen LogP contribution in [0.3, 0.4) is 0 Å². The van der Waals surface area contributed by atoms with Crippen molar-refractivity contribution in [3.05, 3.63) is 50.9 Å².